The summed E-state index contributed by atoms with van der Waals surface area (Å²) in [4.78, 5) is 17.1. The van der Waals surface area contributed by atoms with Crippen molar-refractivity contribution in [2.75, 3.05) is 6.79 Å². The number of nitrogens with one attached hydrogen (secondary N) is 1. The molecule has 2 aliphatic rings. The minimum atomic E-state index is -0.217. The Balaban J connectivity index is 1.31. The molecule has 28 heavy (non-hydrogen) atoms. The van der Waals surface area contributed by atoms with Gasteiger partial charge in [-0.2, -0.15) is 4.99 Å². The highest BCUT2D eigenvalue weighted by Crippen LogP contribution is 2.33. The lowest BCUT2D eigenvalue weighted by Crippen LogP contribution is -2.18. The minimum Gasteiger partial charge on any atom is -0.454 e. The zero-order valence-electron chi connectivity index (χ0n) is 14.8. The number of nitrogens with zero attached hydrogens (tertiary/aromatic N) is 1. The summed E-state index contributed by atoms with van der Waals surface area (Å²) in [6.07, 6.45) is 1.91. The van der Waals surface area contributed by atoms with Gasteiger partial charge in [0, 0.05) is 6.54 Å². The second-order valence-electron chi connectivity index (χ2n) is 6.44. The maximum Gasteiger partial charge on any atom is 0.286 e. The van der Waals surface area contributed by atoms with E-state index >= 15 is 0 Å². The molecule has 0 aliphatic carbocycles. The van der Waals surface area contributed by atoms with Crippen LogP contribution in [0.4, 0.5) is 0 Å². The number of amidine groups is 1. The SMILES string of the molecule is O=C1N=C(NCc2ccc3c(c2)OCO3)S/C1=C\c1cccc2ccccc12. The van der Waals surface area contributed by atoms with Crippen LogP contribution in [0.1, 0.15) is 11.1 Å². The van der Waals surface area contributed by atoms with E-state index < -0.39 is 0 Å². The number of hydrogen-bond acceptors (Lipinski definition) is 5. The summed E-state index contributed by atoms with van der Waals surface area (Å²) >= 11 is 1.36. The molecule has 0 saturated heterocycles. The molecular weight excluding hydrogens is 372 g/mol. The number of ether oxygens (including phenoxy) is 2. The van der Waals surface area contributed by atoms with E-state index in [-0.39, 0.29) is 12.7 Å². The molecule has 0 saturated carbocycles. The summed E-state index contributed by atoms with van der Waals surface area (Å²) in [6.45, 7) is 0.808. The van der Waals surface area contributed by atoms with Gasteiger partial charge in [0.25, 0.3) is 5.91 Å². The van der Waals surface area contributed by atoms with Gasteiger partial charge in [-0.05, 0) is 51.9 Å². The summed E-state index contributed by atoms with van der Waals surface area (Å²) in [7, 11) is 0. The van der Waals surface area contributed by atoms with Crippen LogP contribution in [0.3, 0.4) is 0 Å². The number of carbonyl (C=O) groups excluding carboxylic acids is 1. The second kappa shape index (κ2) is 7.05. The Hall–Kier alpha value is -3.25. The number of benzene rings is 3. The first-order valence-electron chi connectivity index (χ1n) is 8.89. The predicted molar refractivity (Wildman–Crippen MR) is 111 cm³/mol. The summed E-state index contributed by atoms with van der Waals surface area (Å²) in [5.41, 5.74) is 2.05. The standard InChI is InChI=1S/C22H16N2O3S/c25-21-20(11-16-6-3-5-15-4-1-2-7-17(15)16)28-22(24-21)23-12-14-8-9-18-19(10-14)27-13-26-18/h1-11H,12-13H2,(H,23,24,25)/b20-11-. The summed E-state index contributed by atoms with van der Waals surface area (Å²) in [5.74, 6) is 1.28. The van der Waals surface area contributed by atoms with E-state index in [1.165, 1.54) is 11.8 Å². The van der Waals surface area contributed by atoms with Crippen molar-refractivity contribution in [2.45, 2.75) is 6.54 Å². The molecule has 0 radical (unpaired) electrons. The average Bonchev–Trinajstić information content (AvgIpc) is 3.33. The molecule has 0 unspecified atom stereocenters. The summed E-state index contributed by atoms with van der Waals surface area (Å²) in [5, 5.41) is 6.10. The maximum atomic E-state index is 12.3. The fourth-order valence-corrected chi connectivity index (χ4v) is 4.03. The van der Waals surface area contributed by atoms with E-state index in [0.717, 1.165) is 33.4 Å². The highest BCUT2D eigenvalue weighted by Gasteiger charge is 2.22. The second-order valence-corrected chi connectivity index (χ2v) is 7.47. The molecule has 1 amide bonds. The van der Waals surface area contributed by atoms with Gasteiger partial charge in [0.05, 0.1) is 4.91 Å². The molecule has 5 nitrogen and oxygen atoms in total. The molecule has 5 rings (SSSR count). The molecule has 3 aromatic carbocycles. The van der Waals surface area contributed by atoms with Gasteiger partial charge in [0.15, 0.2) is 16.7 Å². The number of aliphatic imine (C=N–C) groups is 1. The lowest BCUT2D eigenvalue weighted by atomic mass is 10.0. The van der Waals surface area contributed by atoms with Crippen LogP contribution >= 0.6 is 11.8 Å². The van der Waals surface area contributed by atoms with Gasteiger partial charge >= 0.3 is 0 Å². The number of carbonyl (C=O) groups is 1. The largest absolute Gasteiger partial charge is 0.454 e. The molecule has 0 atom stereocenters. The van der Waals surface area contributed by atoms with Crippen molar-refractivity contribution < 1.29 is 14.3 Å². The third-order valence-corrected chi connectivity index (χ3v) is 5.55. The fraction of sp³-hybridized carbons (Fsp3) is 0.0909. The molecule has 138 valence electrons. The molecule has 2 heterocycles. The minimum absolute atomic E-state index is 0.217. The van der Waals surface area contributed by atoms with Crippen molar-refractivity contribution in [1.82, 2.24) is 5.32 Å². The van der Waals surface area contributed by atoms with Gasteiger partial charge in [-0.3, -0.25) is 4.79 Å². The van der Waals surface area contributed by atoms with Crippen LogP contribution in [-0.2, 0) is 11.3 Å². The van der Waals surface area contributed by atoms with Gasteiger partial charge in [-0.15, -0.1) is 0 Å². The fourth-order valence-electron chi connectivity index (χ4n) is 3.23. The molecule has 2 aliphatic heterocycles. The van der Waals surface area contributed by atoms with Crippen LogP contribution in [0.5, 0.6) is 11.5 Å². The first kappa shape index (κ1) is 16.9. The monoisotopic (exact) mass is 388 g/mol. The zero-order chi connectivity index (χ0) is 18.9. The molecule has 3 aromatic rings. The van der Waals surface area contributed by atoms with E-state index in [2.05, 4.69) is 28.5 Å². The number of rotatable bonds is 3. The highest BCUT2D eigenvalue weighted by molar-refractivity contribution is 8.18. The number of hydrogen-bond donors (Lipinski definition) is 1. The highest BCUT2D eigenvalue weighted by atomic mass is 32.2. The van der Waals surface area contributed by atoms with Crippen LogP contribution < -0.4 is 14.8 Å². The lowest BCUT2D eigenvalue weighted by Gasteiger charge is -2.06. The average molecular weight is 388 g/mol. The number of fused-ring (bicyclic) bond motifs is 2. The first-order valence-corrected chi connectivity index (χ1v) is 9.71. The third-order valence-electron chi connectivity index (χ3n) is 4.61. The molecule has 0 spiro atoms. The van der Waals surface area contributed by atoms with E-state index in [9.17, 15) is 4.79 Å². The molecule has 0 aromatic heterocycles. The molecule has 6 heteroatoms. The van der Waals surface area contributed by atoms with Gasteiger partial charge in [0.2, 0.25) is 6.79 Å². The third kappa shape index (κ3) is 3.23. The van der Waals surface area contributed by atoms with Crippen molar-refractivity contribution in [2.24, 2.45) is 4.99 Å². The smallest absolute Gasteiger partial charge is 0.286 e. The van der Waals surface area contributed by atoms with Gasteiger partial charge in [-0.1, -0.05) is 48.5 Å². The maximum absolute atomic E-state index is 12.3. The predicted octanol–water partition coefficient (Wildman–Crippen LogP) is 4.33. The first-order chi connectivity index (χ1) is 13.8. The van der Waals surface area contributed by atoms with E-state index in [1.807, 2.05) is 48.5 Å². The number of thioether (sulfide) groups is 1. The van der Waals surface area contributed by atoms with Crippen molar-refractivity contribution in [1.29, 1.82) is 0 Å². The van der Waals surface area contributed by atoms with E-state index in [0.29, 0.717) is 16.6 Å². The van der Waals surface area contributed by atoms with Gasteiger partial charge in [0.1, 0.15) is 0 Å². The Bertz CT molecular complexity index is 1150. The van der Waals surface area contributed by atoms with Crippen LogP contribution in [0.25, 0.3) is 16.8 Å². The Morgan fingerprint density at radius 1 is 1.04 bits per heavy atom. The lowest BCUT2D eigenvalue weighted by molar-refractivity contribution is -0.113. The van der Waals surface area contributed by atoms with Crippen LogP contribution in [0.15, 0.2) is 70.6 Å². The molecule has 1 N–H and O–H groups in total. The Kier molecular flexibility index (Phi) is 4.25. The van der Waals surface area contributed by atoms with Crippen LogP contribution in [-0.4, -0.2) is 17.9 Å². The molecule has 0 bridgehead atoms. The van der Waals surface area contributed by atoms with Crippen LogP contribution in [0, 0.1) is 0 Å². The summed E-state index contributed by atoms with van der Waals surface area (Å²) < 4.78 is 10.7. The van der Waals surface area contributed by atoms with Gasteiger partial charge < -0.3 is 14.8 Å². The van der Waals surface area contributed by atoms with E-state index in [1.54, 1.807) is 0 Å². The van der Waals surface area contributed by atoms with E-state index in [4.69, 9.17) is 9.47 Å². The topological polar surface area (TPSA) is 59.9 Å². The number of amides is 1. The normalized spacial score (nSPS) is 16.6. The molecule has 0 fully saturated rings. The van der Waals surface area contributed by atoms with Crippen molar-refractivity contribution in [3.63, 3.8) is 0 Å². The van der Waals surface area contributed by atoms with Crippen molar-refractivity contribution >= 4 is 39.7 Å². The quantitative estimate of drug-likeness (QED) is 0.677. The zero-order valence-corrected chi connectivity index (χ0v) is 15.7. The van der Waals surface area contributed by atoms with Gasteiger partial charge in [-0.25, -0.2) is 0 Å². The van der Waals surface area contributed by atoms with Crippen molar-refractivity contribution in [3.05, 3.63) is 76.7 Å². The van der Waals surface area contributed by atoms with Crippen molar-refractivity contribution in [3.8, 4) is 11.5 Å². The van der Waals surface area contributed by atoms with Crippen LogP contribution in [0.2, 0.25) is 0 Å². The molecular formula is C22H16N2O3S. The summed E-state index contributed by atoms with van der Waals surface area (Å²) in [6, 6.07) is 20.0. The Morgan fingerprint density at radius 3 is 2.86 bits per heavy atom. The Morgan fingerprint density at radius 2 is 1.89 bits per heavy atom. The Labute approximate surface area is 166 Å².